The van der Waals surface area contributed by atoms with Crippen molar-refractivity contribution in [1.29, 1.82) is 0 Å². The molecule has 0 atom stereocenters. The molecule has 152 valence electrons. The first-order valence-corrected chi connectivity index (χ1v) is 10.8. The number of nitrogens with zero attached hydrogens (tertiary/aromatic N) is 4. The van der Waals surface area contributed by atoms with Gasteiger partial charge in [0.2, 0.25) is 5.91 Å². The largest absolute Gasteiger partial charge is 0.341 e. The number of rotatable bonds is 4. The van der Waals surface area contributed by atoms with Crippen LogP contribution in [-0.4, -0.2) is 56.0 Å². The molecule has 0 N–H and O–H groups in total. The summed E-state index contributed by atoms with van der Waals surface area (Å²) in [5.41, 5.74) is 1.82. The lowest BCUT2D eigenvalue weighted by Crippen LogP contribution is -2.44. The van der Waals surface area contributed by atoms with E-state index in [4.69, 9.17) is 0 Å². The van der Waals surface area contributed by atoms with Gasteiger partial charge in [0.25, 0.3) is 11.1 Å². The van der Waals surface area contributed by atoms with E-state index in [2.05, 4.69) is 18.8 Å². The second-order valence-electron chi connectivity index (χ2n) is 7.63. The number of likely N-dealkylation sites (tertiary alicyclic amines) is 1. The lowest BCUT2D eigenvalue weighted by molar-refractivity contribution is -0.136. The average molecular weight is 413 g/mol. The van der Waals surface area contributed by atoms with E-state index in [1.807, 2.05) is 28.8 Å². The van der Waals surface area contributed by atoms with Crippen molar-refractivity contribution < 1.29 is 14.4 Å². The normalized spacial score (nSPS) is 19.2. The molecule has 29 heavy (non-hydrogen) atoms. The van der Waals surface area contributed by atoms with Gasteiger partial charge in [-0.2, -0.15) is 0 Å². The van der Waals surface area contributed by atoms with Gasteiger partial charge in [-0.15, -0.1) is 0 Å². The fourth-order valence-electron chi connectivity index (χ4n) is 3.84. The molecule has 2 aromatic rings. The highest BCUT2D eigenvalue weighted by atomic mass is 32.2. The first-order chi connectivity index (χ1) is 14.0. The third-order valence-corrected chi connectivity index (χ3v) is 6.18. The van der Waals surface area contributed by atoms with Crippen molar-refractivity contribution in [3.63, 3.8) is 0 Å². The van der Waals surface area contributed by atoms with Crippen LogP contribution in [0.4, 0.5) is 4.79 Å². The van der Waals surface area contributed by atoms with Crippen molar-refractivity contribution in [2.24, 2.45) is 0 Å². The molecule has 0 spiro atoms. The van der Waals surface area contributed by atoms with Crippen LogP contribution in [-0.2, 0) is 9.59 Å². The highest BCUT2D eigenvalue weighted by Gasteiger charge is 2.37. The van der Waals surface area contributed by atoms with Crippen LogP contribution in [0, 0.1) is 0 Å². The van der Waals surface area contributed by atoms with Gasteiger partial charge in [-0.05, 0) is 57.0 Å². The molecule has 0 unspecified atom stereocenters. The number of carbonyl (C=O) groups excluding carboxylic acids is 3. The van der Waals surface area contributed by atoms with E-state index in [1.54, 1.807) is 11.0 Å². The minimum absolute atomic E-state index is 0.142. The lowest BCUT2D eigenvalue weighted by atomic mass is 10.1. The van der Waals surface area contributed by atoms with Gasteiger partial charge in [-0.1, -0.05) is 12.1 Å². The Hall–Kier alpha value is -2.61. The maximum absolute atomic E-state index is 12.8. The highest BCUT2D eigenvalue weighted by molar-refractivity contribution is 8.18. The molecule has 2 aliphatic heterocycles. The van der Waals surface area contributed by atoms with E-state index < -0.39 is 11.1 Å². The minimum Gasteiger partial charge on any atom is -0.341 e. The summed E-state index contributed by atoms with van der Waals surface area (Å²) in [4.78, 5) is 45.5. The molecule has 2 saturated heterocycles. The molecule has 7 nitrogen and oxygen atoms in total. The van der Waals surface area contributed by atoms with Gasteiger partial charge in [0.15, 0.2) is 0 Å². The fourth-order valence-corrected chi connectivity index (χ4v) is 4.65. The van der Waals surface area contributed by atoms with Gasteiger partial charge in [-0.3, -0.25) is 19.3 Å². The van der Waals surface area contributed by atoms with Crippen LogP contribution in [0.1, 0.15) is 45.0 Å². The van der Waals surface area contributed by atoms with Crippen LogP contribution in [0.25, 0.3) is 17.1 Å². The summed E-state index contributed by atoms with van der Waals surface area (Å²) in [6.45, 7) is 5.30. The summed E-state index contributed by atoms with van der Waals surface area (Å²) in [5.74, 6) is 0.0458. The molecule has 3 heterocycles. The number of piperidine rings is 1. The number of amides is 3. The number of carbonyl (C=O) groups is 3. The summed E-state index contributed by atoms with van der Waals surface area (Å²) in [6.07, 6.45) is 4.72. The Balaban J connectivity index is 1.59. The van der Waals surface area contributed by atoms with Crippen LogP contribution in [0.3, 0.4) is 0 Å². The van der Waals surface area contributed by atoms with Crippen molar-refractivity contribution in [2.75, 3.05) is 19.6 Å². The molecule has 1 aromatic carbocycles. The van der Waals surface area contributed by atoms with Gasteiger partial charge in [0.05, 0.1) is 15.9 Å². The zero-order valence-corrected chi connectivity index (χ0v) is 17.4. The highest BCUT2D eigenvalue weighted by Crippen LogP contribution is 2.33. The zero-order valence-electron chi connectivity index (χ0n) is 16.6. The third kappa shape index (κ3) is 3.81. The van der Waals surface area contributed by atoms with Gasteiger partial charge in [-0.25, -0.2) is 4.98 Å². The average Bonchev–Trinajstić information content (AvgIpc) is 3.21. The van der Waals surface area contributed by atoms with E-state index in [0.29, 0.717) is 23.8 Å². The van der Waals surface area contributed by atoms with Crippen LogP contribution >= 0.6 is 11.8 Å². The van der Waals surface area contributed by atoms with Gasteiger partial charge >= 0.3 is 0 Å². The van der Waals surface area contributed by atoms with E-state index in [1.165, 1.54) is 0 Å². The number of hydrogen-bond acceptors (Lipinski definition) is 5. The number of imide groups is 1. The Morgan fingerprint density at radius 3 is 2.62 bits per heavy atom. The van der Waals surface area contributed by atoms with Crippen molar-refractivity contribution in [3.8, 4) is 0 Å². The van der Waals surface area contributed by atoms with Crippen LogP contribution in [0.5, 0.6) is 0 Å². The molecule has 1 aromatic heterocycles. The summed E-state index contributed by atoms with van der Waals surface area (Å²) in [7, 11) is 0. The van der Waals surface area contributed by atoms with Gasteiger partial charge < -0.3 is 9.47 Å². The van der Waals surface area contributed by atoms with Crippen LogP contribution in [0.15, 0.2) is 29.2 Å². The Morgan fingerprint density at radius 1 is 1.17 bits per heavy atom. The standard InChI is InChI=1S/C21H24N4O3S/c1-14(2)25-16-9-5-4-8-15(16)22-18(25)12-17-20(27)24(21(28)29-17)13-19(26)23-10-6-3-7-11-23/h4-5,8-9,12,14H,3,6-7,10-11,13H2,1-2H3/b17-12-. The third-order valence-electron chi connectivity index (χ3n) is 5.28. The molecule has 2 aliphatic rings. The Kier molecular flexibility index (Phi) is 5.45. The van der Waals surface area contributed by atoms with E-state index in [-0.39, 0.29) is 18.5 Å². The van der Waals surface area contributed by atoms with E-state index in [0.717, 1.165) is 47.0 Å². The van der Waals surface area contributed by atoms with Crippen molar-refractivity contribution >= 4 is 45.9 Å². The lowest BCUT2D eigenvalue weighted by Gasteiger charge is -2.27. The van der Waals surface area contributed by atoms with Crippen LogP contribution in [0.2, 0.25) is 0 Å². The van der Waals surface area contributed by atoms with Gasteiger partial charge in [0.1, 0.15) is 12.4 Å². The molecule has 8 heteroatoms. The topological polar surface area (TPSA) is 75.5 Å². The molecule has 0 saturated carbocycles. The predicted molar refractivity (Wildman–Crippen MR) is 113 cm³/mol. The maximum Gasteiger partial charge on any atom is 0.294 e. The quantitative estimate of drug-likeness (QED) is 0.717. The van der Waals surface area contributed by atoms with E-state index in [9.17, 15) is 14.4 Å². The second-order valence-corrected chi connectivity index (χ2v) is 8.62. The Morgan fingerprint density at radius 2 is 1.90 bits per heavy atom. The van der Waals surface area contributed by atoms with Crippen molar-refractivity contribution in [2.45, 2.75) is 39.2 Å². The number of thioether (sulfide) groups is 1. The molecule has 4 rings (SSSR count). The molecule has 2 fully saturated rings. The Labute approximate surface area is 173 Å². The monoisotopic (exact) mass is 412 g/mol. The smallest absolute Gasteiger partial charge is 0.294 e. The van der Waals surface area contributed by atoms with Crippen molar-refractivity contribution in [3.05, 3.63) is 35.0 Å². The second kappa shape index (κ2) is 8.02. The number of benzene rings is 1. The number of para-hydroxylation sites is 2. The Bertz CT molecular complexity index is 1000. The molecule has 0 aliphatic carbocycles. The fraction of sp³-hybridized carbons (Fsp3) is 0.429. The first-order valence-electron chi connectivity index (χ1n) is 9.96. The van der Waals surface area contributed by atoms with Crippen molar-refractivity contribution in [1.82, 2.24) is 19.4 Å². The molecule has 0 radical (unpaired) electrons. The SMILES string of the molecule is CC(C)n1c(/C=C2\SC(=O)N(CC(=O)N3CCCCC3)C2=O)nc2ccccc21. The molecule has 3 amide bonds. The predicted octanol–water partition coefficient (Wildman–Crippen LogP) is 3.67. The first kappa shape index (κ1) is 19.7. The summed E-state index contributed by atoms with van der Waals surface area (Å²) in [6, 6.07) is 7.93. The number of fused-ring (bicyclic) bond motifs is 1. The van der Waals surface area contributed by atoms with Crippen LogP contribution < -0.4 is 0 Å². The zero-order chi connectivity index (χ0) is 20.5. The maximum atomic E-state index is 12.8. The summed E-state index contributed by atoms with van der Waals surface area (Å²) in [5, 5.41) is -0.404. The number of aromatic nitrogens is 2. The van der Waals surface area contributed by atoms with Gasteiger partial charge in [0, 0.05) is 25.2 Å². The minimum atomic E-state index is -0.423. The molecule has 0 bridgehead atoms. The molecular weight excluding hydrogens is 388 g/mol. The number of imidazole rings is 1. The number of hydrogen-bond donors (Lipinski definition) is 0. The summed E-state index contributed by atoms with van der Waals surface area (Å²) < 4.78 is 2.04. The summed E-state index contributed by atoms with van der Waals surface area (Å²) >= 11 is 0.870. The van der Waals surface area contributed by atoms with E-state index >= 15 is 0 Å². The molecular formula is C21H24N4O3S.